The van der Waals surface area contributed by atoms with Gasteiger partial charge in [-0.1, -0.05) is 41.9 Å². The molecule has 0 aliphatic carbocycles. The van der Waals surface area contributed by atoms with Crippen molar-refractivity contribution in [1.29, 1.82) is 0 Å². The summed E-state index contributed by atoms with van der Waals surface area (Å²) in [5.41, 5.74) is 1.32. The van der Waals surface area contributed by atoms with E-state index in [4.69, 9.17) is 9.47 Å². The molecular formula is C26H34BrN3O6S. The zero-order valence-electron chi connectivity index (χ0n) is 21.6. The number of hydrogen-bond donors (Lipinski definition) is 1. The van der Waals surface area contributed by atoms with E-state index in [-0.39, 0.29) is 50.5 Å². The van der Waals surface area contributed by atoms with Crippen molar-refractivity contribution in [3.63, 3.8) is 0 Å². The molecule has 0 saturated carbocycles. The number of nitrogens with zero attached hydrogens (tertiary/aromatic N) is 2. The Hall–Kier alpha value is -2.79. The first-order chi connectivity index (χ1) is 17.5. The topological polar surface area (TPSA) is 105 Å². The van der Waals surface area contributed by atoms with E-state index >= 15 is 0 Å². The fourth-order valence-electron chi connectivity index (χ4n) is 3.91. The Labute approximate surface area is 227 Å². The van der Waals surface area contributed by atoms with Gasteiger partial charge in [0.05, 0.1) is 11.9 Å². The van der Waals surface area contributed by atoms with Gasteiger partial charge in [0.15, 0.2) is 11.5 Å². The minimum atomic E-state index is -3.61. The van der Waals surface area contributed by atoms with Gasteiger partial charge < -0.3 is 19.7 Å². The van der Waals surface area contributed by atoms with Crippen LogP contribution in [0.3, 0.4) is 0 Å². The van der Waals surface area contributed by atoms with Crippen molar-refractivity contribution in [2.45, 2.75) is 46.2 Å². The van der Waals surface area contributed by atoms with Gasteiger partial charge in [-0.2, -0.15) is 0 Å². The summed E-state index contributed by atoms with van der Waals surface area (Å²) >= 11 is 3.45. The predicted molar refractivity (Wildman–Crippen MR) is 146 cm³/mol. The van der Waals surface area contributed by atoms with Crippen LogP contribution in [0.5, 0.6) is 11.5 Å². The van der Waals surface area contributed by atoms with Crippen LogP contribution in [0.1, 0.15) is 39.2 Å². The van der Waals surface area contributed by atoms with E-state index in [0.29, 0.717) is 23.7 Å². The number of rotatable bonds is 12. The lowest BCUT2D eigenvalue weighted by atomic mass is 10.1. The molecule has 37 heavy (non-hydrogen) atoms. The Morgan fingerprint density at radius 3 is 2.49 bits per heavy atom. The summed E-state index contributed by atoms with van der Waals surface area (Å²) in [6.45, 7) is 6.67. The van der Waals surface area contributed by atoms with Gasteiger partial charge >= 0.3 is 0 Å². The van der Waals surface area contributed by atoms with Crippen LogP contribution in [0.25, 0.3) is 0 Å². The van der Waals surface area contributed by atoms with Crippen molar-refractivity contribution in [1.82, 2.24) is 10.2 Å². The fourth-order valence-corrected chi connectivity index (χ4v) is 5.32. The molecule has 0 unspecified atom stereocenters. The fraction of sp³-hybridized carbons (Fsp3) is 0.462. The van der Waals surface area contributed by atoms with Gasteiger partial charge in [0.1, 0.15) is 6.04 Å². The number of anilines is 1. The number of carbonyl (C=O) groups is 2. The van der Waals surface area contributed by atoms with Crippen LogP contribution in [0.4, 0.5) is 5.69 Å². The lowest BCUT2D eigenvalue weighted by Gasteiger charge is -2.29. The van der Waals surface area contributed by atoms with E-state index in [1.54, 1.807) is 30.0 Å². The number of ether oxygens (including phenoxy) is 2. The molecule has 202 valence electrons. The van der Waals surface area contributed by atoms with Gasteiger partial charge in [-0.05, 0) is 49.1 Å². The number of halogens is 1. The van der Waals surface area contributed by atoms with Crippen molar-refractivity contribution in [2.75, 3.05) is 30.4 Å². The third kappa shape index (κ3) is 8.10. The molecule has 3 rings (SSSR count). The molecule has 2 aromatic rings. The molecule has 9 nitrogen and oxygen atoms in total. The molecule has 0 fully saturated rings. The van der Waals surface area contributed by atoms with Gasteiger partial charge in [0, 0.05) is 36.6 Å². The average Bonchev–Trinajstić information content (AvgIpc) is 3.30. The third-order valence-corrected chi connectivity index (χ3v) is 7.58. The molecule has 2 amide bonds. The van der Waals surface area contributed by atoms with E-state index in [1.807, 2.05) is 38.1 Å². The number of amides is 2. The molecule has 1 atom stereocenters. The largest absolute Gasteiger partial charge is 0.454 e. The summed E-state index contributed by atoms with van der Waals surface area (Å²) in [4.78, 5) is 27.7. The first-order valence-electron chi connectivity index (χ1n) is 12.1. The minimum absolute atomic E-state index is 0.0758. The Kier molecular flexibility index (Phi) is 9.83. The first kappa shape index (κ1) is 28.8. The van der Waals surface area contributed by atoms with Crippen molar-refractivity contribution < 1.29 is 27.5 Å². The van der Waals surface area contributed by atoms with Crippen LogP contribution in [0.2, 0.25) is 0 Å². The van der Waals surface area contributed by atoms with E-state index in [1.165, 1.54) is 4.31 Å². The van der Waals surface area contributed by atoms with E-state index in [0.717, 1.165) is 16.3 Å². The van der Waals surface area contributed by atoms with E-state index < -0.39 is 16.1 Å². The molecule has 1 aliphatic rings. The zero-order chi connectivity index (χ0) is 27.2. The van der Waals surface area contributed by atoms with Gasteiger partial charge in [0.25, 0.3) is 0 Å². The first-order valence-corrected chi connectivity index (χ1v) is 14.8. The molecule has 1 N–H and O–H groups in total. The van der Waals surface area contributed by atoms with Crippen LogP contribution < -0.4 is 19.1 Å². The van der Waals surface area contributed by atoms with Crippen molar-refractivity contribution in [2.24, 2.45) is 5.92 Å². The van der Waals surface area contributed by atoms with Crippen molar-refractivity contribution in [3.8, 4) is 11.5 Å². The number of fused-ring (bicyclic) bond motifs is 1. The average molecular weight is 597 g/mol. The number of sulfonamides is 1. The summed E-state index contributed by atoms with van der Waals surface area (Å²) in [5, 5.41) is 2.90. The maximum atomic E-state index is 13.4. The van der Waals surface area contributed by atoms with Gasteiger partial charge in [-0.15, -0.1) is 0 Å². The minimum Gasteiger partial charge on any atom is -0.454 e. The van der Waals surface area contributed by atoms with E-state index in [2.05, 4.69) is 21.2 Å². The zero-order valence-corrected chi connectivity index (χ0v) is 24.0. The van der Waals surface area contributed by atoms with Crippen LogP contribution >= 0.6 is 15.9 Å². The van der Waals surface area contributed by atoms with Gasteiger partial charge in [-0.3, -0.25) is 13.9 Å². The second-order valence-corrected chi connectivity index (χ2v) is 12.3. The molecule has 2 aromatic carbocycles. The lowest BCUT2D eigenvalue weighted by Crippen LogP contribution is -2.48. The lowest BCUT2D eigenvalue weighted by molar-refractivity contribution is -0.140. The van der Waals surface area contributed by atoms with Crippen molar-refractivity contribution >= 4 is 43.5 Å². The smallest absolute Gasteiger partial charge is 0.242 e. The SMILES string of the molecule is CC(C)CNC(=O)[C@H](C)N(Cc1cccc(Br)c1)C(=O)CCCN(c1ccc2c(c1)OCO2)S(C)(=O)=O. The van der Waals surface area contributed by atoms with Gasteiger partial charge in [-0.25, -0.2) is 8.42 Å². The molecule has 1 aliphatic heterocycles. The molecular weight excluding hydrogens is 562 g/mol. The highest BCUT2D eigenvalue weighted by atomic mass is 79.9. The summed E-state index contributed by atoms with van der Waals surface area (Å²) in [6.07, 6.45) is 1.47. The van der Waals surface area contributed by atoms with Crippen LogP contribution in [0.15, 0.2) is 46.9 Å². The molecule has 0 aromatic heterocycles. The van der Waals surface area contributed by atoms with Crippen LogP contribution in [-0.2, 0) is 26.2 Å². The molecule has 1 heterocycles. The normalized spacial score (nSPS) is 13.4. The molecule has 0 radical (unpaired) electrons. The Bertz CT molecular complexity index is 1220. The van der Waals surface area contributed by atoms with E-state index in [9.17, 15) is 18.0 Å². The molecule has 0 bridgehead atoms. The predicted octanol–water partition coefficient (Wildman–Crippen LogP) is 3.91. The summed E-state index contributed by atoms with van der Waals surface area (Å²) in [5.74, 6) is 0.856. The third-order valence-electron chi connectivity index (χ3n) is 5.89. The number of nitrogens with one attached hydrogen (secondary N) is 1. The Balaban J connectivity index is 1.72. The Morgan fingerprint density at radius 1 is 1.08 bits per heavy atom. The van der Waals surface area contributed by atoms with Gasteiger partial charge in [0.2, 0.25) is 28.6 Å². The van der Waals surface area contributed by atoms with Crippen LogP contribution in [0, 0.1) is 5.92 Å². The maximum Gasteiger partial charge on any atom is 0.242 e. The number of carbonyl (C=O) groups excluding carboxylic acids is 2. The quantitative estimate of drug-likeness (QED) is 0.399. The second kappa shape index (κ2) is 12.6. The molecule has 0 saturated heterocycles. The number of benzene rings is 2. The highest BCUT2D eigenvalue weighted by Crippen LogP contribution is 2.36. The second-order valence-electron chi connectivity index (χ2n) is 9.44. The maximum absolute atomic E-state index is 13.4. The summed E-state index contributed by atoms with van der Waals surface area (Å²) in [7, 11) is -3.61. The van der Waals surface area contributed by atoms with Crippen molar-refractivity contribution in [3.05, 3.63) is 52.5 Å². The highest BCUT2D eigenvalue weighted by molar-refractivity contribution is 9.10. The summed E-state index contributed by atoms with van der Waals surface area (Å²) < 4.78 is 37.9. The molecule has 11 heteroatoms. The summed E-state index contributed by atoms with van der Waals surface area (Å²) in [6, 6.07) is 11.8. The molecule has 0 spiro atoms. The monoisotopic (exact) mass is 595 g/mol. The van der Waals surface area contributed by atoms with Crippen LogP contribution in [-0.4, -0.2) is 57.3 Å². The highest BCUT2D eigenvalue weighted by Gasteiger charge is 2.27. The Morgan fingerprint density at radius 2 is 1.81 bits per heavy atom. The standard InChI is InChI=1S/C26H34BrN3O6S/c1-18(2)15-28-26(32)19(3)29(16-20-7-5-8-21(27)13-20)25(31)9-6-12-30(37(4,33)34)22-10-11-23-24(14-22)36-17-35-23/h5,7-8,10-11,13-14,18-19H,6,9,12,15-17H2,1-4H3,(H,28,32)/t19-/m0/s1. The number of hydrogen-bond acceptors (Lipinski definition) is 6.